The normalized spacial score (nSPS) is 22.7. The summed E-state index contributed by atoms with van der Waals surface area (Å²) in [4.78, 5) is 21.9. The predicted octanol–water partition coefficient (Wildman–Crippen LogP) is 2.59. The minimum Gasteiger partial charge on any atom is -0.381 e. The molecule has 0 bridgehead atoms. The van der Waals surface area contributed by atoms with Crippen LogP contribution in [0.4, 0.5) is 0 Å². The van der Waals surface area contributed by atoms with Gasteiger partial charge in [-0.3, -0.25) is 4.79 Å². The molecule has 1 aromatic heterocycles. The largest absolute Gasteiger partial charge is 0.381 e. The molecular formula is C20H32N4O2S. The Morgan fingerprint density at radius 2 is 2.15 bits per heavy atom. The number of nitrogens with zero attached hydrogens (tertiary/aromatic N) is 3. The first kappa shape index (κ1) is 20.1. The highest BCUT2D eigenvalue weighted by Crippen LogP contribution is 2.31. The lowest BCUT2D eigenvalue weighted by Gasteiger charge is -2.29. The molecule has 0 spiro atoms. The summed E-state index contributed by atoms with van der Waals surface area (Å²) < 4.78 is 5.52. The number of aliphatic imine (C=N–C) groups is 1. The number of carbonyl (C=O) groups is 1. The summed E-state index contributed by atoms with van der Waals surface area (Å²) in [7, 11) is 3.55. The van der Waals surface area contributed by atoms with Crippen LogP contribution in [0.25, 0.3) is 0 Å². The molecule has 2 unspecified atom stereocenters. The van der Waals surface area contributed by atoms with E-state index in [9.17, 15) is 4.79 Å². The highest BCUT2D eigenvalue weighted by molar-refractivity contribution is 7.10. The summed E-state index contributed by atoms with van der Waals surface area (Å²) in [5.41, 5.74) is 0. The van der Waals surface area contributed by atoms with Crippen molar-refractivity contribution in [3.63, 3.8) is 0 Å². The molecule has 6 nitrogen and oxygen atoms in total. The molecule has 7 heteroatoms. The van der Waals surface area contributed by atoms with Gasteiger partial charge in [0.2, 0.25) is 5.91 Å². The minimum absolute atomic E-state index is 0.0262. The highest BCUT2D eigenvalue weighted by atomic mass is 32.1. The van der Waals surface area contributed by atoms with Crippen molar-refractivity contribution in [2.45, 2.75) is 32.2 Å². The second-order valence-corrected chi connectivity index (χ2v) is 8.73. The Morgan fingerprint density at radius 1 is 1.37 bits per heavy atom. The lowest BCUT2D eigenvalue weighted by molar-refractivity contribution is -0.127. The Balaban J connectivity index is 1.67. The molecule has 2 aliphatic heterocycles. The van der Waals surface area contributed by atoms with Crippen LogP contribution in [0, 0.1) is 11.8 Å². The summed E-state index contributed by atoms with van der Waals surface area (Å²) in [6.07, 6.45) is 3.53. The van der Waals surface area contributed by atoms with Gasteiger partial charge in [-0.2, -0.15) is 0 Å². The van der Waals surface area contributed by atoms with E-state index in [1.807, 2.05) is 0 Å². The average molecular weight is 393 g/mol. The van der Waals surface area contributed by atoms with E-state index in [1.165, 1.54) is 24.1 Å². The first-order chi connectivity index (χ1) is 13.0. The summed E-state index contributed by atoms with van der Waals surface area (Å²) >= 11 is 1.74. The molecule has 0 aliphatic carbocycles. The van der Waals surface area contributed by atoms with Gasteiger partial charge in [-0.05, 0) is 49.5 Å². The van der Waals surface area contributed by atoms with Crippen molar-refractivity contribution < 1.29 is 9.53 Å². The van der Waals surface area contributed by atoms with Crippen molar-refractivity contribution in [2.75, 3.05) is 46.9 Å². The Hall–Kier alpha value is -1.60. The lowest BCUT2D eigenvalue weighted by Crippen LogP contribution is -2.42. The van der Waals surface area contributed by atoms with Crippen LogP contribution in [-0.2, 0) is 9.53 Å². The van der Waals surface area contributed by atoms with E-state index in [4.69, 9.17) is 4.74 Å². The Labute approximate surface area is 166 Å². The second kappa shape index (κ2) is 9.55. The van der Waals surface area contributed by atoms with E-state index in [0.717, 1.165) is 38.2 Å². The summed E-state index contributed by atoms with van der Waals surface area (Å²) in [5.74, 6) is 2.34. The lowest BCUT2D eigenvalue weighted by atomic mass is 9.85. The number of likely N-dealkylation sites (tertiary alicyclic amines) is 1. The SMILES string of the molecule is CC(NC(=NCC(=O)N(C)C)N1CCC(C2CCOCC2)C1)c1cccs1. The van der Waals surface area contributed by atoms with Gasteiger partial charge in [0.05, 0.1) is 6.04 Å². The number of guanidine groups is 1. The summed E-state index contributed by atoms with van der Waals surface area (Å²) in [5, 5.41) is 5.66. The Morgan fingerprint density at radius 3 is 2.81 bits per heavy atom. The van der Waals surface area contributed by atoms with Gasteiger partial charge in [-0.25, -0.2) is 4.99 Å². The van der Waals surface area contributed by atoms with E-state index in [2.05, 4.69) is 39.6 Å². The standard InChI is InChI=1S/C20H32N4O2S/c1-15(18-5-4-12-27-18)22-20(21-13-19(25)23(2)3)24-9-6-17(14-24)16-7-10-26-11-8-16/h4-5,12,15-17H,6-11,13-14H2,1-3H3,(H,21,22). The number of amides is 1. The Bertz CT molecular complexity index is 626. The van der Waals surface area contributed by atoms with Crippen LogP contribution in [0.1, 0.15) is 37.1 Å². The number of thiophene rings is 1. The van der Waals surface area contributed by atoms with Gasteiger partial charge < -0.3 is 19.9 Å². The van der Waals surface area contributed by atoms with Crippen molar-refractivity contribution in [3.05, 3.63) is 22.4 Å². The fourth-order valence-corrected chi connectivity index (χ4v) is 4.61. The maximum absolute atomic E-state index is 12.0. The van der Waals surface area contributed by atoms with Gasteiger partial charge >= 0.3 is 0 Å². The van der Waals surface area contributed by atoms with Gasteiger partial charge in [0, 0.05) is 45.3 Å². The zero-order valence-corrected chi connectivity index (χ0v) is 17.5. The molecule has 3 heterocycles. The maximum atomic E-state index is 12.0. The Kier molecular flexibility index (Phi) is 7.13. The van der Waals surface area contributed by atoms with E-state index < -0.39 is 0 Å². The first-order valence-electron chi connectivity index (χ1n) is 9.92. The van der Waals surface area contributed by atoms with Crippen molar-refractivity contribution in [1.29, 1.82) is 0 Å². The molecule has 2 atom stereocenters. The fraction of sp³-hybridized carbons (Fsp3) is 0.700. The quantitative estimate of drug-likeness (QED) is 0.618. The average Bonchev–Trinajstić information content (AvgIpc) is 3.37. The van der Waals surface area contributed by atoms with Crippen LogP contribution in [0.5, 0.6) is 0 Å². The number of ether oxygens (including phenoxy) is 1. The second-order valence-electron chi connectivity index (χ2n) is 7.75. The number of carbonyl (C=O) groups excluding carboxylic acids is 1. The molecule has 2 aliphatic rings. The number of nitrogens with one attached hydrogen (secondary N) is 1. The van der Waals surface area contributed by atoms with E-state index in [0.29, 0.717) is 5.92 Å². The molecule has 2 fully saturated rings. The van der Waals surface area contributed by atoms with Gasteiger partial charge in [-0.15, -0.1) is 11.3 Å². The first-order valence-corrected chi connectivity index (χ1v) is 10.8. The molecule has 2 saturated heterocycles. The summed E-state index contributed by atoms with van der Waals surface area (Å²) in [6.45, 7) is 6.15. The third-order valence-corrected chi connectivity index (χ3v) is 6.69. The molecule has 1 amide bonds. The summed E-state index contributed by atoms with van der Waals surface area (Å²) in [6, 6.07) is 4.39. The number of rotatable bonds is 5. The van der Waals surface area contributed by atoms with Crippen LogP contribution in [0.2, 0.25) is 0 Å². The monoisotopic (exact) mass is 392 g/mol. The van der Waals surface area contributed by atoms with Gasteiger partial charge in [0.15, 0.2) is 5.96 Å². The molecule has 0 saturated carbocycles. The van der Waals surface area contributed by atoms with E-state index >= 15 is 0 Å². The molecule has 1 aromatic rings. The molecule has 0 radical (unpaired) electrons. The predicted molar refractivity (Wildman–Crippen MR) is 110 cm³/mol. The van der Waals surface area contributed by atoms with Crippen LogP contribution in [-0.4, -0.2) is 68.6 Å². The zero-order chi connectivity index (χ0) is 19.2. The van der Waals surface area contributed by atoms with Crippen LogP contribution >= 0.6 is 11.3 Å². The molecule has 0 aromatic carbocycles. The van der Waals surface area contributed by atoms with Crippen molar-refractivity contribution in [1.82, 2.24) is 15.1 Å². The van der Waals surface area contributed by atoms with E-state index in [-0.39, 0.29) is 18.5 Å². The molecule has 27 heavy (non-hydrogen) atoms. The molecular weight excluding hydrogens is 360 g/mol. The van der Waals surface area contributed by atoms with E-state index in [1.54, 1.807) is 30.3 Å². The molecule has 3 rings (SSSR count). The third-order valence-electron chi connectivity index (χ3n) is 5.64. The zero-order valence-electron chi connectivity index (χ0n) is 16.7. The van der Waals surface area contributed by atoms with Crippen molar-refractivity contribution >= 4 is 23.2 Å². The molecule has 1 N–H and O–H groups in total. The van der Waals surface area contributed by atoms with Crippen LogP contribution in [0.15, 0.2) is 22.5 Å². The van der Waals surface area contributed by atoms with Crippen molar-refractivity contribution in [2.24, 2.45) is 16.8 Å². The van der Waals surface area contributed by atoms with Gasteiger partial charge in [0.25, 0.3) is 0 Å². The maximum Gasteiger partial charge on any atom is 0.243 e. The molecule has 150 valence electrons. The van der Waals surface area contributed by atoms with Crippen molar-refractivity contribution in [3.8, 4) is 0 Å². The topological polar surface area (TPSA) is 57.2 Å². The number of hydrogen-bond acceptors (Lipinski definition) is 4. The van der Waals surface area contributed by atoms with Crippen LogP contribution in [0.3, 0.4) is 0 Å². The van der Waals surface area contributed by atoms with Crippen LogP contribution < -0.4 is 5.32 Å². The highest BCUT2D eigenvalue weighted by Gasteiger charge is 2.32. The third kappa shape index (κ3) is 5.45. The van der Waals surface area contributed by atoms with Gasteiger partial charge in [-0.1, -0.05) is 6.07 Å². The fourth-order valence-electron chi connectivity index (χ4n) is 3.87. The smallest absolute Gasteiger partial charge is 0.243 e. The minimum atomic E-state index is 0.0262. The number of likely N-dealkylation sites (N-methyl/N-ethyl adjacent to an activating group) is 1. The number of hydrogen-bond donors (Lipinski definition) is 1. The van der Waals surface area contributed by atoms with Gasteiger partial charge in [0.1, 0.15) is 6.54 Å².